The maximum atomic E-state index is 12.1. The molecule has 2 aromatic carbocycles. The minimum Gasteiger partial charge on any atom is -0.465 e. The molecular weight excluding hydrogens is 395 g/mol. The van der Waals surface area contributed by atoms with Gasteiger partial charge in [0.25, 0.3) is 0 Å². The molecule has 0 amide bonds. The molecule has 8 heteroatoms. The summed E-state index contributed by atoms with van der Waals surface area (Å²) in [6, 6.07) is 15.4. The second-order valence-electron chi connectivity index (χ2n) is 8.53. The van der Waals surface area contributed by atoms with Crippen LogP contribution in [0.5, 0.6) is 11.8 Å². The third kappa shape index (κ3) is 4.18. The number of fused-ring (bicyclic) bond motifs is 1. The lowest BCUT2D eigenvalue weighted by Crippen LogP contribution is -2.41. The van der Waals surface area contributed by atoms with E-state index < -0.39 is 18.3 Å². The van der Waals surface area contributed by atoms with Crippen LogP contribution in [0.4, 0.5) is 0 Å². The van der Waals surface area contributed by atoms with Crippen LogP contribution in [0.3, 0.4) is 0 Å². The highest BCUT2D eigenvalue weighted by atomic mass is 16.7. The SMILES string of the molecule is CCOC(=O)Cn1c(Oc2ccc(B3OC(C)(C)C(C)(C)O3)cc2)nc2ccccc21. The predicted octanol–water partition coefficient (Wildman–Crippen LogP) is 3.69. The second kappa shape index (κ2) is 8.02. The van der Waals surface area contributed by atoms with Crippen LogP contribution in [-0.2, 0) is 25.4 Å². The van der Waals surface area contributed by atoms with Crippen molar-refractivity contribution < 1.29 is 23.6 Å². The standard InChI is InChI=1S/C23H27BN2O5/c1-6-28-20(27)15-26-19-10-8-7-9-18(19)25-21(26)29-17-13-11-16(12-14-17)24-30-22(2,3)23(4,5)31-24/h7-14H,6,15H2,1-5H3. The summed E-state index contributed by atoms with van der Waals surface area (Å²) >= 11 is 0. The molecule has 31 heavy (non-hydrogen) atoms. The predicted molar refractivity (Wildman–Crippen MR) is 119 cm³/mol. The first-order valence-corrected chi connectivity index (χ1v) is 10.4. The monoisotopic (exact) mass is 422 g/mol. The number of benzene rings is 2. The molecule has 0 N–H and O–H groups in total. The summed E-state index contributed by atoms with van der Waals surface area (Å²) in [5, 5.41) is 0. The number of imidazole rings is 1. The fourth-order valence-corrected chi connectivity index (χ4v) is 3.40. The van der Waals surface area contributed by atoms with Gasteiger partial charge in [0.05, 0.1) is 28.8 Å². The quantitative estimate of drug-likeness (QED) is 0.446. The third-order valence-corrected chi connectivity index (χ3v) is 5.83. The van der Waals surface area contributed by atoms with Gasteiger partial charge in [-0.05, 0) is 64.3 Å². The molecule has 0 bridgehead atoms. The van der Waals surface area contributed by atoms with E-state index in [1.165, 1.54) is 0 Å². The number of ether oxygens (including phenoxy) is 2. The van der Waals surface area contributed by atoms with Crippen LogP contribution >= 0.6 is 0 Å². The smallest absolute Gasteiger partial charge is 0.465 e. The molecule has 7 nitrogen and oxygen atoms in total. The normalized spacial score (nSPS) is 17.1. The number of carbonyl (C=O) groups excluding carboxylic acids is 1. The van der Waals surface area contributed by atoms with E-state index in [-0.39, 0.29) is 12.5 Å². The number of hydrogen-bond donors (Lipinski definition) is 0. The van der Waals surface area contributed by atoms with E-state index in [0.717, 1.165) is 16.5 Å². The van der Waals surface area contributed by atoms with Crippen molar-refractivity contribution in [3.8, 4) is 11.8 Å². The van der Waals surface area contributed by atoms with Crippen molar-refractivity contribution in [3.63, 3.8) is 0 Å². The zero-order chi connectivity index (χ0) is 22.2. The molecule has 3 aromatic rings. The number of carbonyl (C=O) groups is 1. The fourth-order valence-electron chi connectivity index (χ4n) is 3.40. The highest BCUT2D eigenvalue weighted by Gasteiger charge is 2.51. The van der Waals surface area contributed by atoms with Crippen molar-refractivity contribution >= 4 is 29.6 Å². The Morgan fingerprint density at radius 1 is 1.03 bits per heavy atom. The highest BCUT2D eigenvalue weighted by molar-refractivity contribution is 6.62. The average molecular weight is 422 g/mol. The van der Waals surface area contributed by atoms with Gasteiger partial charge >= 0.3 is 19.1 Å². The van der Waals surface area contributed by atoms with E-state index in [1.807, 2.05) is 76.2 Å². The Hall–Kier alpha value is -2.84. The Morgan fingerprint density at radius 3 is 2.32 bits per heavy atom. The summed E-state index contributed by atoms with van der Waals surface area (Å²) in [5.74, 6) is 0.257. The zero-order valence-corrected chi connectivity index (χ0v) is 18.5. The molecule has 1 aliphatic rings. The molecular formula is C23H27BN2O5. The van der Waals surface area contributed by atoms with Gasteiger partial charge in [-0.1, -0.05) is 24.3 Å². The largest absolute Gasteiger partial charge is 0.494 e. The minimum absolute atomic E-state index is 0.0235. The van der Waals surface area contributed by atoms with Gasteiger partial charge in [-0.15, -0.1) is 0 Å². The van der Waals surface area contributed by atoms with Gasteiger partial charge in [-0.25, -0.2) is 0 Å². The van der Waals surface area contributed by atoms with Gasteiger partial charge in [0.2, 0.25) is 0 Å². The molecule has 4 rings (SSSR count). The number of para-hydroxylation sites is 2. The molecule has 0 atom stereocenters. The number of esters is 1. The van der Waals surface area contributed by atoms with E-state index in [1.54, 1.807) is 11.5 Å². The van der Waals surface area contributed by atoms with Crippen molar-refractivity contribution in [2.24, 2.45) is 0 Å². The zero-order valence-electron chi connectivity index (χ0n) is 18.5. The highest BCUT2D eigenvalue weighted by Crippen LogP contribution is 2.36. The molecule has 1 saturated heterocycles. The molecule has 1 aromatic heterocycles. The first-order chi connectivity index (χ1) is 14.7. The molecule has 0 spiro atoms. The van der Waals surface area contributed by atoms with Crippen LogP contribution < -0.4 is 10.2 Å². The van der Waals surface area contributed by atoms with E-state index >= 15 is 0 Å². The number of hydrogen-bond acceptors (Lipinski definition) is 6. The summed E-state index contributed by atoms with van der Waals surface area (Å²) in [6.45, 7) is 10.2. The van der Waals surface area contributed by atoms with Crippen LogP contribution in [-0.4, -0.2) is 40.4 Å². The van der Waals surface area contributed by atoms with Gasteiger partial charge in [-0.3, -0.25) is 9.36 Å². The topological polar surface area (TPSA) is 71.8 Å². The first-order valence-electron chi connectivity index (χ1n) is 10.4. The lowest BCUT2D eigenvalue weighted by atomic mass is 9.79. The maximum absolute atomic E-state index is 12.1. The van der Waals surface area contributed by atoms with Gasteiger partial charge in [-0.2, -0.15) is 4.98 Å². The second-order valence-corrected chi connectivity index (χ2v) is 8.53. The molecule has 0 radical (unpaired) electrons. The summed E-state index contributed by atoms with van der Waals surface area (Å²) in [7, 11) is -0.438. The molecule has 162 valence electrons. The Morgan fingerprint density at radius 2 is 1.68 bits per heavy atom. The number of rotatable bonds is 6. The first kappa shape index (κ1) is 21.4. The summed E-state index contributed by atoms with van der Waals surface area (Å²) < 4.78 is 25.1. The summed E-state index contributed by atoms with van der Waals surface area (Å²) in [5.41, 5.74) is 1.66. The Labute approximate surface area is 182 Å². The molecule has 2 heterocycles. The van der Waals surface area contributed by atoms with Crippen molar-refractivity contribution in [1.29, 1.82) is 0 Å². The van der Waals surface area contributed by atoms with Crippen molar-refractivity contribution in [2.45, 2.75) is 52.4 Å². The third-order valence-electron chi connectivity index (χ3n) is 5.83. The van der Waals surface area contributed by atoms with Crippen LogP contribution in [0.15, 0.2) is 48.5 Å². The molecule has 1 fully saturated rings. The lowest BCUT2D eigenvalue weighted by Gasteiger charge is -2.32. The van der Waals surface area contributed by atoms with E-state index in [4.69, 9.17) is 18.8 Å². The van der Waals surface area contributed by atoms with Crippen LogP contribution in [0.1, 0.15) is 34.6 Å². The van der Waals surface area contributed by atoms with Gasteiger partial charge in [0, 0.05) is 0 Å². The maximum Gasteiger partial charge on any atom is 0.494 e. The van der Waals surface area contributed by atoms with E-state index in [9.17, 15) is 4.79 Å². The summed E-state index contributed by atoms with van der Waals surface area (Å²) in [4.78, 5) is 16.6. The molecule has 0 saturated carbocycles. The molecule has 1 aliphatic heterocycles. The lowest BCUT2D eigenvalue weighted by molar-refractivity contribution is -0.143. The Bertz CT molecular complexity index is 1080. The molecule has 0 aliphatic carbocycles. The van der Waals surface area contributed by atoms with Crippen LogP contribution in [0.25, 0.3) is 11.0 Å². The van der Waals surface area contributed by atoms with Crippen LogP contribution in [0.2, 0.25) is 0 Å². The van der Waals surface area contributed by atoms with Gasteiger partial charge in [0.15, 0.2) is 0 Å². The fraction of sp³-hybridized carbons (Fsp3) is 0.391. The molecule has 0 unspecified atom stereocenters. The number of aromatic nitrogens is 2. The number of nitrogens with zero attached hydrogens (tertiary/aromatic N) is 2. The van der Waals surface area contributed by atoms with E-state index in [2.05, 4.69) is 4.98 Å². The van der Waals surface area contributed by atoms with Crippen molar-refractivity contribution in [1.82, 2.24) is 9.55 Å². The summed E-state index contributed by atoms with van der Waals surface area (Å²) in [6.07, 6.45) is 0. The van der Waals surface area contributed by atoms with Gasteiger partial charge < -0.3 is 18.8 Å². The van der Waals surface area contributed by atoms with Crippen LogP contribution in [0, 0.1) is 0 Å². The Balaban J connectivity index is 1.56. The van der Waals surface area contributed by atoms with Gasteiger partial charge in [0.1, 0.15) is 12.3 Å². The van der Waals surface area contributed by atoms with E-state index in [0.29, 0.717) is 18.4 Å². The minimum atomic E-state index is -0.438. The van der Waals surface area contributed by atoms with Crippen molar-refractivity contribution in [3.05, 3.63) is 48.5 Å². The average Bonchev–Trinajstić information content (AvgIpc) is 3.15. The Kier molecular flexibility index (Phi) is 5.53. The van der Waals surface area contributed by atoms with Crippen molar-refractivity contribution in [2.75, 3.05) is 6.61 Å².